The van der Waals surface area contributed by atoms with E-state index in [1.807, 2.05) is 49.4 Å². The van der Waals surface area contributed by atoms with Crippen LogP contribution in [0.25, 0.3) is 11.0 Å². The Balaban J connectivity index is 1.68. The van der Waals surface area contributed by atoms with Crippen LogP contribution in [0.1, 0.15) is 23.0 Å². The number of nitrogens with one attached hydrogen (secondary N) is 1. The molecular weight excluding hydrogens is 262 g/mol. The van der Waals surface area contributed by atoms with Gasteiger partial charge < -0.3 is 9.73 Å². The van der Waals surface area contributed by atoms with Crippen molar-refractivity contribution in [2.24, 2.45) is 0 Å². The Hall–Kier alpha value is -2.55. The molecule has 1 N–H and O–H groups in total. The second kappa shape index (κ2) is 5.83. The fourth-order valence-electron chi connectivity index (χ4n) is 2.41. The molecule has 0 aliphatic carbocycles. The molecule has 3 aromatic rings. The van der Waals surface area contributed by atoms with Crippen LogP contribution in [0.15, 0.2) is 65.1 Å². The summed E-state index contributed by atoms with van der Waals surface area (Å²) in [6.45, 7) is 1.99. The predicted octanol–water partition coefficient (Wildman–Crippen LogP) is 3.79. The van der Waals surface area contributed by atoms with Crippen molar-refractivity contribution in [3.63, 3.8) is 0 Å². The molecule has 0 fully saturated rings. The molecule has 21 heavy (non-hydrogen) atoms. The summed E-state index contributed by atoms with van der Waals surface area (Å²) >= 11 is 0. The Labute approximate surface area is 123 Å². The summed E-state index contributed by atoms with van der Waals surface area (Å²) in [6, 6.07) is 19.6. The maximum absolute atomic E-state index is 12.2. The number of carbonyl (C=O) groups is 1. The molecule has 1 amide bonds. The molecular formula is C18H17NO2. The highest BCUT2D eigenvalue weighted by molar-refractivity contribution is 5.96. The summed E-state index contributed by atoms with van der Waals surface area (Å²) in [5, 5.41) is 3.92. The zero-order valence-electron chi connectivity index (χ0n) is 11.9. The smallest absolute Gasteiger partial charge is 0.287 e. The largest absolute Gasteiger partial charge is 0.451 e. The van der Waals surface area contributed by atoms with Crippen molar-refractivity contribution in [3.8, 4) is 0 Å². The Morgan fingerprint density at radius 1 is 1.10 bits per heavy atom. The van der Waals surface area contributed by atoms with Crippen LogP contribution in [0, 0.1) is 0 Å². The molecule has 3 heteroatoms. The van der Waals surface area contributed by atoms with Crippen molar-refractivity contribution >= 4 is 16.9 Å². The quantitative estimate of drug-likeness (QED) is 0.789. The zero-order valence-corrected chi connectivity index (χ0v) is 11.9. The van der Waals surface area contributed by atoms with Crippen LogP contribution in [0.4, 0.5) is 0 Å². The molecule has 0 unspecified atom stereocenters. The molecule has 0 radical (unpaired) electrons. The molecule has 0 bridgehead atoms. The van der Waals surface area contributed by atoms with E-state index in [1.54, 1.807) is 6.07 Å². The summed E-state index contributed by atoms with van der Waals surface area (Å²) in [7, 11) is 0. The number of furan rings is 1. The van der Waals surface area contributed by atoms with E-state index in [0.29, 0.717) is 5.76 Å². The van der Waals surface area contributed by atoms with Crippen molar-refractivity contribution in [2.75, 3.05) is 0 Å². The first-order valence-corrected chi connectivity index (χ1v) is 7.06. The Morgan fingerprint density at radius 2 is 1.81 bits per heavy atom. The van der Waals surface area contributed by atoms with E-state index in [1.165, 1.54) is 5.56 Å². The van der Waals surface area contributed by atoms with Crippen LogP contribution in [-0.2, 0) is 6.42 Å². The van der Waals surface area contributed by atoms with E-state index in [2.05, 4.69) is 17.4 Å². The molecule has 0 saturated carbocycles. The topological polar surface area (TPSA) is 42.2 Å². The lowest BCUT2D eigenvalue weighted by molar-refractivity contribution is 0.0914. The van der Waals surface area contributed by atoms with Crippen LogP contribution < -0.4 is 5.32 Å². The van der Waals surface area contributed by atoms with Crippen LogP contribution in [0.3, 0.4) is 0 Å². The third kappa shape index (κ3) is 3.14. The molecule has 3 rings (SSSR count). The monoisotopic (exact) mass is 279 g/mol. The fraction of sp³-hybridized carbons (Fsp3) is 0.167. The second-order valence-corrected chi connectivity index (χ2v) is 5.21. The maximum Gasteiger partial charge on any atom is 0.287 e. The van der Waals surface area contributed by atoms with E-state index in [0.717, 1.165) is 17.4 Å². The third-order valence-electron chi connectivity index (χ3n) is 3.41. The zero-order chi connectivity index (χ0) is 14.7. The van der Waals surface area contributed by atoms with Gasteiger partial charge in [0.05, 0.1) is 0 Å². The van der Waals surface area contributed by atoms with Crippen molar-refractivity contribution in [2.45, 2.75) is 19.4 Å². The number of carbonyl (C=O) groups excluding carboxylic acids is 1. The van der Waals surface area contributed by atoms with Crippen molar-refractivity contribution < 1.29 is 9.21 Å². The minimum atomic E-state index is -0.172. The molecule has 2 aromatic carbocycles. The molecule has 3 nitrogen and oxygen atoms in total. The summed E-state index contributed by atoms with van der Waals surface area (Å²) in [5.74, 6) is 0.186. The summed E-state index contributed by atoms with van der Waals surface area (Å²) in [5.41, 5.74) is 1.94. The van der Waals surface area contributed by atoms with Gasteiger partial charge in [0.15, 0.2) is 5.76 Å². The van der Waals surface area contributed by atoms with Gasteiger partial charge in [0.25, 0.3) is 5.91 Å². The molecule has 1 heterocycles. The number of rotatable bonds is 4. The minimum absolute atomic E-state index is 0.0492. The number of hydrogen-bond acceptors (Lipinski definition) is 2. The van der Waals surface area contributed by atoms with Gasteiger partial charge in [-0.25, -0.2) is 0 Å². The molecule has 1 atom stereocenters. The van der Waals surface area contributed by atoms with Gasteiger partial charge >= 0.3 is 0 Å². The Bertz CT molecular complexity index is 713. The van der Waals surface area contributed by atoms with E-state index >= 15 is 0 Å². The van der Waals surface area contributed by atoms with E-state index in [-0.39, 0.29) is 11.9 Å². The summed E-state index contributed by atoms with van der Waals surface area (Å²) < 4.78 is 5.57. The highest BCUT2D eigenvalue weighted by Gasteiger charge is 2.14. The second-order valence-electron chi connectivity index (χ2n) is 5.21. The van der Waals surface area contributed by atoms with Gasteiger partial charge in [-0.1, -0.05) is 48.5 Å². The van der Waals surface area contributed by atoms with Gasteiger partial charge in [-0.3, -0.25) is 4.79 Å². The van der Waals surface area contributed by atoms with Gasteiger partial charge in [-0.05, 0) is 31.0 Å². The average Bonchev–Trinajstić information content (AvgIpc) is 2.92. The van der Waals surface area contributed by atoms with Crippen molar-refractivity contribution in [3.05, 3.63) is 72.0 Å². The van der Waals surface area contributed by atoms with Crippen LogP contribution in [0.5, 0.6) is 0 Å². The number of fused-ring (bicyclic) bond motifs is 1. The Kier molecular flexibility index (Phi) is 3.73. The SMILES string of the molecule is C[C@@H](Cc1ccccc1)NC(=O)c1cc2ccccc2o1. The van der Waals surface area contributed by atoms with Crippen molar-refractivity contribution in [1.29, 1.82) is 0 Å². The highest BCUT2D eigenvalue weighted by atomic mass is 16.3. The average molecular weight is 279 g/mol. The van der Waals surface area contributed by atoms with Crippen LogP contribution in [-0.4, -0.2) is 11.9 Å². The molecule has 1 aromatic heterocycles. The van der Waals surface area contributed by atoms with E-state index < -0.39 is 0 Å². The van der Waals surface area contributed by atoms with Gasteiger partial charge in [-0.2, -0.15) is 0 Å². The maximum atomic E-state index is 12.2. The highest BCUT2D eigenvalue weighted by Crippen LogP contribution is 2.18. The first-order valence-electron chi connectivity index (χ1n) is 7.06. The first kappa shape index (κ1) is 13.4. The number of benzene rings is 2. The van der Waals surface area contributed by atoms with Crippen LogP contribution >= 0.6 is 0 Å². The molecule has 0 aliphatic heterocycles. The standard InChI is InChI=1S/C18H17NO2/c1-13(11-14-7-3-2-4-8-14)19-18(20)17-12-15-9-5-6-10-16(15)21-17/h2-10,12-13H,11H2,1H3,(H,19,20)/t13-/m0/s1. The van der Waals surface area contributed by atoms with Crippen molar-refractivity contribution in [1.82, 2.24) is 5.32 Å². The third-order valence-corrected chi connectivity index (χ3v) is 3.41. The molecule has 0 saturated heterocycles. The van der Waals surface area contributed by atoms with Crippen LogP contribution in [0.2, 0.25) is 0 Å². The van der Waals surface area contributed by atoms with Gasteiger partial charge in [-0.15, -0.1) is 0 Å². The van der Waals surface area contributed by atoms with E-state index in [9.17, 15) is 4.79 Å². The summed E-state index contributed by atoms with van der Waals surface area (Å²) in [6.07, 6.45) is 0.798. The Morgan fingerprint density at radius 3 is 2.57 bits per heavy atom. The number of hydrogen-bond donors (Lipinski definition) is 1. The molecule has 0 spiro atoms. The van der Waals surface area contributed by atoms with Gasteiger partial charge in [0.1, 0.15) is 5.58 Å². The lowest BCUT2D eigenvalue weighted by Gasteiger charge is -2.12. The van der Waals surface area contributed by atoms with E-state index in [4.69, 9.17) is 4.42 Å². The molecule has 0 aliphatic rings. The summed E-state index contributed by atoms with van der Waals surface area (Å²) in [4.78, 5) is 12.2. The number of para-hydroxylation sites is 1. The van der Waals surface area contributed by atoms with Gasteiger partial charge in [0, 0.05) is 11.4 Å². The fourth-order valence-corrected chi connectivity index (χ4v) is 2.41. The minimum Gasteiger partial charge on any atom is -0.451 e. The molecule has 106 valence electrons. The predicted molar refractivity (Wildman–Crippen MR) is 83.3 cm³/mol. The van der Waals surface area contributed by atoms with Gasteiger partial charge in [0.2, 0.25) is 0 Å². The number of amides is 1. The normalized spacial score (nSPS) is 12.2. The lowest BCUT2D eigenvalue weighted by atomic mass is 10.1. The first-order chi connectivity index (χ1) is 10.2. The lowest BCUT2D eigenvalue weighted by Crippen LogP contribution is -2.33.